The Labute approximate surface area is 312 Å². The summed E-state index contributed by atoms with van der Waals surface area (Å²) >= 11 is 0. The Balaban J connectivity index is 1.33. The Morgan fingerprint density at radius 1 is 0.528 bits per heavy atom. The van der Waals surface area contributed by atoms with Crippen molar-refractivity contribution < 1.29 is 4.68 Å². The summed E-state index contributed by atoms with van der Waals surface area (Å²) in [5.41, 5.74) is 10.1. The second kappa shape index (κ2) is 13.6. The number of hydrogen-bond acceptors (Lipinski definition) is 3. The summed E-state index contributed by atoms with van der Waals surface area (Å²) in [6.07, 6.45) is 6.07. The highest BCUT2D eigenvalue weighted by atomic mass is 15.3. The van der Waals surface area contributed by atoms with E-state index in [2.05, 4.69) is 197 Å². The molecule has 0 aliphatic rings. The van der Waals surface area contributed by atoms with Crippen molar-refractivity contribution in [1.82, 2.24) is 19.6 Å². The molecule has 8 aromatic rings. The fraction of sp³-hybridized carbons (Fsp3) is 0.208. The molecule has 0 aliphatic carbocycles. The van der Waals surface area contributed by atoms with Gasteiger partial charge in [0.25, 0.3) is 0 Å². The molecule has 8 rings (SSSR count). The first kappa shape index (κ1) is 34.2. The third-order valence-electron chi connectivity index (χ3n) is 10.3. The van der Waals surface area contributed by atoms with E-state index in [1.165, 1.54) is 27.5 Å². The lowest BCUT2D eigenvalue weighted by Crippen LogP contribution is -2.45. The maximum atomic E-state index is 5.50. The molecule has 0 radical (unpaired) electrons. The van der Waals surface area contributed by atoms with Crippen LogP contribution >= 0.6 is 0 Å². The summed E-state index contributed by atoms with van der Waals surface area (Å²) in [7, 11) is 0. The van der Waals surface area contributed by atoms with Crippen LogP contribution in [0.15, 0.2) is 158 Å². The number of para-hydroxylation sites is 1. The van der Waals surface area contributed by atoms with Crippen LogP contribution in [-0.4, -0.2) is 19.6 Å². The largest absolute Gasteiger partial charge is 0.294 e. The molecule has 4 heterocycles. The average Bonchev–Trinajstić information content (AvgIpc) is 3.49. The van der Waals surface area contributed by atoms with Gasteiger partial charge in [0.2, 0.25) is 12.2 Å². The van der Waals surface area contributed by atoms with Gasteiger partial charge in [-0.1, -0.05) is 143 Å². The van der Waals surface area contributed by atoms with Crippen molar-refractivity contribution in [3.05, 3.63) is 197 Å². The molecule has 0 spiro atoms. The van der Waals surface area contributed by atoms with E-state index >= 15 is 0 Å². The van der Waals surface area contributed by atoms with Gasteiger partial charge < -0.3 is 0 Å². The van der Waals surface area contributed by atoms with Gasteiger partial charge in [-0.25, -0.2) is 4.98 Å². The van der Waals surface area contributed by atoms with Crippen LogP contribution < -0.4 is 4.68 Å². The predicted molar refractivity (Wildman–Crippen MR) is 216 cm³/mol. The molecule has 5 heteroatoms. The summed E-state index contributed by atoms with van der Waals surface area (Å²) in [5.74, 6) is 0.734. The van der Waals surface area contributed by atoms with Crippen LogP contribution in [-0.2, 0) is 10.8 Å². The van der Waals surface area contributed by atoms with Gasteiger partial charge >= 0.3 is 0 Å². The Morgan fingerprint density at radius 3 is 1.92 bits per heavy atom. The van der Waals surface area contributed by atoms with E-state index in [0.29, 0.717) is 0 Å². The van der Waals surface area contributed by atoms with Gasteiger partial charge in [0.05, 0.1) is 34.5 Å². The third-order valence-corrected chi connectivity index (χ3v) is 10.3. The second-order valence-corrected chi connectivity index (χ2v) is 16.1. The number of benzene rings is 4. The van der Waals surface area contributed by atoms with E-state index in [0.717, 1.165) is 39.4 Å². The van der Waals surface area contributed by atoms with E-state index in [9.17, 15) is 0 Å². The number of pyridine rings is 2. The van der Waals surface area contributed by atoms with Crippen molar-refractivity contribution in [2.75, 3.05) is 0 Å². The zero-order chi connectivity index (χ0) is 36.7. The molecule has 1 unspecified atom stereocenters. The van der Waals surface area contributed by atoms with Crippen LogP contribution in [0.4, 0.5) is 0 Å². The Hall–Kier alpha value is -5.94. The first-order valence-corrected chi connectivity index (χ1v) is 18.5. The zero-order valence-corrected chi connectivity index (χ0v) is 31.4. The number of nitrogens with zero attached hydrogens (tertiary/aromatic N) is 5. The minimum atomic E-state index is -0.137. The number of rotatable bonds is 7. The molecule has 4 aromatic carbocycles. The SMILES string of the molecule is CC(C)(C)c1ccnc([C@H](c2ccccc2)c2cccc(-n3c4ccccc4c4ccc(C(c5ccccc5)[n+]5cc(C(C)(C)C)ccn5)cc43)n2)c1. The number of aromatic nitrogens is 5. The molecule has 0 amide bonds. The summed E-state index contributed by atoms with van der Waals surface area (Å²) in [4.78, 5) is 10.4. The van der Waals surface area contributed by atoms with Crippen molar-refractivity contribution in [3.8, 4) is 5.82 Å². The van der Waals surface area contributed by atoms with Gasteiger partial charge in [-0.2, -0.15) is 0 Å². The van der Waals surface area contributed by atoms with E-state index in [1.54, 1.807) is 0 Å². The Kier molecular flexibility index (Phi) is 8.74. The van der Waals surface area contributed by atoms with Crippen LogP contribution in [0.1, 0.15) is 92.7 Å². The molecule has 0 bridgehead atoms. The number of hydrogen-bond donors (Lipinski definition) is 0. The van der Waals surface area contributed by atoms with Crippen molar-refractivity contribution in [1.29, 1.82) is 0 Å². The van der Waals surface area contributed by atoms with Crippen LogP contribution in [0.25, 0.3) is 27.6 Å². The van der Waals surface area contributed by atoms with Gasteiger partial charge in [-0.05, 0) is 69.5 Å². The standard InChI is InChI=1S/C48H46N5/c1-47(2,3)36-26-28-49-41(31-36)45(33-16-9-7-10-17-33)40-21-15-23-44(51-40)53-42-22-14-13-20-38(42)39-25-24-35(30-43(39)53)46(34-18-11-8-12-19-34)52-32-37(27-29-50-52)48(4,5)6/h7-32,45-46H,1-6H3/q+1/t45-,46?/m1/s1. The molecule has 5 nitrogen and oxygen atoms in total. The zero-order valence-electron chi connectivity index (χ0n) is 31.4. The quantitative estimate of drug-likeness (QED) is 0.156. The van der Waals surface area contributed by atoms with Crippen LogP contribution in [0.5, 0.6) is 0 Å². The van der Waals surface area contributed by atoms with Gasteiger partial charge in [0.1, 0.15) is 5.82 Å². The molecular formula is C48H46N5+. The summed E-state index contributed by atoms with van der Waals surface area (Å²) in [6, 6.07) is 49.6. The highest BCUT2D eigenvalue weighted by Gasteiger charge is 2.29. The lowest BCUT2D eigenvalue weighted by molar-refractivity contribution is -0.761. The fourth-order valence-corrected chi connectivity index (χ4v) is 7.47. The molecule has 0 fully saturated rings. The predicted octanol–water partition coefficient (Wildman–Crippen LogP) is 10.7. The first-order chi connectivity index (χ1) is 25.6. The molecule has 0 saturated heterocycles. The molecule has 0 N–H and O–H groups in total. The van der Waals surface area contributed by atoms with Crippen LogP contribution in [0.2, 0.25) is 0 Å². The lowest BCUT2D eigenvalue weighted by atomic mass is 9.84. The van der Waals surface area contributed by atoms with E-state index in [-0.39, 0.29) is 22.8 Å². The lowest BCUT2D eigenvalue weighted by Gasteiger charge is -2.23. The van der Waals surface area contributed by atoms with Gasteiger partial charge in [-0.3, -0.25) is 9.55 Å². The highest BCUT2D eigenvalue weighted by molar-refractivity contribution is 6.09. The molecular weight excluding hydrogens is 647 g/mol. The normalized spacial score (nSPS) is 13.3. The molecule has 2 atom stereocenters. The summed E-state index contributed by atoms with van der Waals surface area (Å²) < 4.78 is 4.44. The summed E-state index contributed by atoms with van der Waals surface area (Å²) in [5, 5.41) is 7.29. The third kappa shape index (κ3) is 6.64. The van der Waals surface area contributed by atoms with Crippen molar-refractivity contribution >= 4 is 21.8 Å². The Morgan fingerprint density at radius 2 is 1.19 bits per heavy atom. The monoisotopic (exact) mass is 692 g/mol. The maximum Gasteiger partial charge on any atom is 0.234 e. The van der Waals surface area contributed by atoms with Gasteiger partial charge in [-0.15, -0.1) is 0 Å². The molecule has 0 saturated carbocycles. The van der Waals surface area contributed by atoms with Crippen molar-refractivity contribution in [3.63, 3.8) is 0 Å². The number of fused-ring (bicyclic) bond motifs is 3. The van der Waals surface area contributed by atoms with Crippen molar-refractivity contribution in [2.24, 2.45) is 0 Å². The highest BCUT2D eigenvalue weighted by Crippen LogP contribution is 2.37. The topological polar surface area (TPSA) is 47.5 Å². The maximum absolute atomic E-state index is 5.50. The molecule has 4 aromatic heterocycles. The first-order valence-electron chi connectivity index (χ1n) is 18.5. The summed E-state index contributed by atoms with van der Waals surface area (Å²) in [6.45, 7) is 13.5. The second-order valence-electron chi connectivity index (χ2n) is 16.1. The van der Waals surface area contributed by atoms with E-state index in [4.69, 9.17) is 15.1 Å². The molecule has 262 valence electrons. The Bertz CT molecular complexity index is 2540. The minimum absolute atomic E-state index is 0.00559. The molecule has 0 aliphatic heterocycles. The van der Waals surface area contributed by atoms with Gasteiger partial charge in [0.15, 0.2) is 0 Å². The van der Waals surface area contributed by atoms with Gasteiger partial charge in [0, 0.05) is 33.7 Å². The van der Waals surface area contributed by atoms with Crippen LogP contribution in [0.3, 0.4) is 0 Å². The average molecular weight is 693 g/mol. The smallest absolute Gasteiger partial charge is 0.234 e. The van der Waals surface area contributed by atoms with E-state index < -0.39 is 0 Å². The minimum Gasteiger partial charge on any atom is -0.294 e. The van der Waals surface area contributed by atoms with Crippen LogP contribution in [0, 0.1) is 0 Å². The molecule has 53 heavy (non-hydrogen) atoms. The fourth-order valence-electron chi connectivity index (χ4n) is 7.47. The van der Waals surface area contributed by atoms with E-state index in [1.807, 2.05) is 12.4 Å². The van der Waals surface area contributed by atoms with Crippen molar-refractivity contribution in [2.45, 2.75) is 64.3 Å².